The van der Waals surface area contributed by atoms with E-state index in [9.17, 15) is 0 Å². The summed E-state index contributed by atoms with van der Waals surface area (Å²) in [6.07, 6.45) is 2.90. The maximum absolute atomic E-state index is 5.41. The number of hydrogen-bond acceptors (Lipinski definition) is 1. The van der Waals surface area contributed by atoms with Gasteiger partial charge < -0.3 is 4.42 Å². The van der Waals surface area contributed by atoms with Crippen LogP contribution >= 0.6 is 0 Å². The predicted molar refractivity (Wildman–Crippen MR) is 46.7 cm³/mol. The second kappa shape index (κ2) is 3.12. The molecule has 0 aromatic carbocycles. The topological polar surface area (TPSA) is 13.1 Å². The first kappa shape index (κ1) is 8.38. The quantitative estimate of drug-likeness (QED) is 0.634. The van der Waals surface area contributed by atoms with Gasteiger partial charge in [0.05, 0.1) is 6.26 Å². The average Bonchev–Trinajstić information content (AvgIpc) is 2.18. The van der Waals surface area contributed by atoms with Gasteiger partial charge in [-0.3, -0.25) is 0 Å². The van der Waals surface area contributed by atoms with E-state index in [4.69, 9.17) is 4.42 Å². The smallest absolute Gasteiger partial charge is 0.107 e. The Morgan fingerprint density at radius 2 is 2.00 bits per heavy atom. The average molecular weight is 152 g/mol. The minimum Gasteiger partial charge on any atom is -0.469 e. The van der Waals surface area contributed by atoms with Crippen molar-refractivity contribution in [3.8, 4) is 0 Å². The van der Waals surface area contributed by atoms with Crippen molar-refractivity contribution >= 4 is 0 Å². The van der Waals surface area contributed by atoms with Crippen molar-refractivity contribution in [2.24, 2.45) is 5.92 Å². The van der Waals surface area contributed by atoms with Gasteiger partial charge in [0.2, 0.25) is 0 Å². The Balaban J connectivity index is 2.79. The standard InChI is InChI=1S/C10H16O/c1-7(2)5-10-9(4)8(3)6-11-10/h6-7H,5H2,1-4H3. The van der Waals surface area contributed by atoms with Crippen molar-refractivity contribution in [3.05, 3.63) is 23.2 Å². The third-order valence-corrected chi connectivity index (χ3v) is 1.98. The van der Waals surface area contributed by atoms with E-state index in [-0.39, 0.29) is 0 Å². The summed E-state index contributed by atoms with van der Waals surface area (Å²) < 4.78 is 5.41. The second-order valence-corrected chi connectivity index (χ2v) is 3.56. The largest absolute Gasteiger partial charge is 0.469 e. The fraction of sp³-hybridized carbons (Fsp3) is 0.600. The van der Waals surface area contributed by atoms with Crippen LogP contribution in [0, 0.1) is 19.8 Å². The number of rotatable bonds is 2. The van der Waals surface area contributed by atoms with E-state index in [2.05, 4.69) is 27.7 Å². The molecule has 0 aliphatic carbocycles. The molecule has 0 saturated carbocycles. The number of aryl methyl sites for hydroxylation is 1. The maximum atomic E-state index is 5.41. The van der Waals surface area contributed by atoms with Gasteiger partial charge in [0.25, 0.3) is 0 Å². The molecule has 0 unspecified atom stereocenters. The Morgan fingerprint density at radius 3 is 2.36 bits per heavy atom. The molecule has 0 amide bonds. The molecule has 1 heteroatoms. The van der Waals surface area contributed by atoms with Gasteiger partial charge in [-0.2, -0.15) is 0 Å². The summed E-state index contributed by atoms with van der Waals surface area (Å²) in [6, 6.07) is 0. The van der Waals surface area contributed by atoms with Crippen LogP contribution in [-0.2, 0) is 6.42 Å². The number of furan rings is 1. The zero-order valence-electron chi connectivity index (χ0n) is 7.77. The highest BCUT2D eigenvalue weighted by atomic mass is 16.3. The molecule has 0 radical (unpaired) electrons. The third-order valence-electron chi connectivity index (χ3n) is 1.98. The van der Waals surface area contributed by atoms with Gasteiger partial charge in [-0.25, -0.2) is 0 Å². The highest BCUT2D eigenvalue weighted by molar-refractivity contribution is 5.24. The van der Waals surface area contributed by atoms with Crippen LogP contribution in [0.15, 0.2) is 10.7 Å². The first-order valence-electron chi connectivity index (χ1n) is 4.15. The lowest BCUT2D eigenvalue weighted by molar-refractivity contribution is 0.469. The maximum Gasteiger partial charge on any atom is 0.107 e. The van der Waals surface area contributed by atoms with Crippen LogP contribution in [-0.4, -0.2) is 0 Å². The van der Waals surface area contributed by atoms with Crippen molar-refractivity contribution in [1.29, 1.82) is 0 Å². The van der Waals surface area contributed by atoms with E-state index in [1.165, 1.54) is 11.1 Å². The molecular formula is C10H16O. The van der Waals surface area contributed by atoms with Crippen LogP contribution in [0.1, 0.15) is 30.7 Å². The highest BCUT2D eigenvalue weighted by Gasteiger charge is 2.06. The lowest BCUT2D eigenvalue weighted by atomic mass is 10.1. The zero-order chi connectivity index (χ0) is 8.43. The minimum absolute atomic E-state index is 0.680. The van der Waals surface area contributed by atoms with E-state index < -0.39 is 0 Å². The third kappa shape index (κ3) is 1.86. The lowest BCUT2D eigenvalue weighted by Gasteiger charge is -2.01. The molecule has 0 aliphatic rings. The zero-order valence-corrected chi connectivity index (χ0v) is 7.77. The second-order valence-electron chi connectivity index (χ2n) is 3.56. The van der Waals surface area contributed by atoms with Gasteiger partial charge in [0.1, 0.15) is 5.76 Å². The van der Waals surface area contributed by atoms with Crippen LogP contribution in [0.5, 0.6) is 0 Å². The highest BCUT2D eigenvalue weighted by Crippen LogP contribution is 2.18. The molecule has 0 N–H and O–H groups in total. The van der Waals surface area contributed by atoms with Gasteiger partial charge in [-0.15, -0.1) is 0 Å². The first-order chi connectivity index (χ1) is 5.11. The molecule has 0 bridgehead atoms. The summed E-state index contributed by atoms with van der Waals surface area (Å²) in [7, 11) is 0. The Hall–Kier alpha value is -0.720. The predicted octanol–water partition coefficient (Wildman–Crippen LogP) is 3.09. The molecule has 1 aromatic rings. The SMILES string of the molecule is Cc1coc(CC(C)C)c1C. The summed E-state index contributed by atoms with van der Waals surface area (Å²) in [5, 5.41) is 0. The molecule has 0 aliphatic heterocycles. The summed E-state index contributed by atoms with van der Waals surface area (Å²) in [5.74, 6) is 1.83. The summed E-state index contributed by atoms with van der Waals surface area (Å²) >= 11 is 0. The molecule has 1 aromatic heterocycles. The van der Waals surface area contributed by atoms with Gasteiger partial charge in [0.15, 0.2) is 0 Å². The molecule has 62 valence electrons. The van der Waals surface area contributed by atoms with Crippen LogP contribution in [0.2, 0.25) is 0 Å². The minimum atomic E-state index is 0.680. The molecule has 1 heterocycles. The summed E-state index contributed by atoms with van der Waals surface area (Å²) in [4.78, 5) is 0. The van der Waals surface area contributed by atoms with Crippen LogP contribution in [0.4, 0.5) is 0 Å². The fourth-order valence-corrected chi connectivity index (χ4v) is 1.13. The van der Waals surface area contributed by atoms with Gasteiger partial charge in [-0.1, -0.05) is 13.8 Å². The first-order valence-corrected chi connectivity index (χ1v) is 4.15. The van der Waals surface area contributed by atoms with E-state index >= 15 is 0 Å². The van der Waals surface area contributed by atoms with E-state index in [0.717, 1.165) is 12.2 Å². The lowest BCUT2D eigenvalue weighted by Crippen LogP contribution is -1.93. The Labute approximate surface area is 68.4 Å². The molecule has 0 fully saturated rings. The fourth-order valence-electron chi connectivity index (χ4n) is 1.13. The normalized spacial score (nSPS) is 11.0. The summed E-state index contributed by atoms with van der Waals surface area (Å²) in [5.41, 5.74) is 2.58. The Kier molecular flexibility index (Phi) is 2.38. The van der Waals surface area contributed by atoms with Gasteiger partial charge in [0, 0.05) is 6.42 Å². The summed E-state index contributed by atoms with van der Waals surface area (Å²) in [6.45, 7) is 8.62. The molecule has 0 atom stereocenters. The van der Waals surface area contributed by atoms with Crippen LogP contribution in [0.25, 0.3) is 0 Å². The monoisotopic (exact) mass is 152 g/mol. The van der Waals surface area contributed by atoms with Crippen LogP contribution < -0.4 is 0 Å². The van der Waals surface area contributed by atoms with Gasteiger partial charge in [-0.05, 0) is 30.9 Å². The number of hydrogen-bond donors (Lipinski definition) is 0. The van der Waals surface area contributed by atoms with Gasteiger partial charge >= 0.3 is 0 Å². The van der Waals surface area contributed by atoms with Crippen molar-refractivity contribution in [2.45, 2.75) is 34.1 Å². The molecule has 11 heavy (non-hydrogen) atoms. The van der Waals surface area contributed by atoms with E-state index in [1.807, 2.05) is 6.26 Å². The van der Waals surface area contributed by atoms with Crippen molar-refractivity contribution in [3.63, 3.8) is 0 Å². The van der Waals surface area contributed by atoms with E-state index in [1.54, 1.807) is 0 Å². The Morgan fingerprint density at radius 1 is 1.36 bits per heavy atom. The van der Waals surface area contributed by atoms with Crippen molar-refractivity contribution in [1.82, 2.24) is 0 Å². The molecular weight excluding hydrogens is 136 g/mol. The van der Waals surface area contributed by atoms with Crippen molar-refractivity contribution in [2.75, 3.05) is 0 Å². The Bertz CT molecular complexity index is 233. The molecule has 0 saturated heterocycles. The molecule has 1 rings (SSSR count). The molecule has 1 nitrogen and oxygen atoms in total. The van der Waals surface area contributed by atoms with E-state index in [0.29, 0.717) is 5.92 Å². The van der Waals surface area contributed by atoms with Crippen molar-refractivity contribution < 1.29 is 4.42 Å². The molecule has 0 spiro atoms. The van der Waals surface area contributed by atoms with Crippen LogP contribution in [0.3, 0.4) is 0 Å².